The van der Waals surface area contributed by atoms with Crippen molar-refractivity contribution in [3.8, 4) is 10.4 Å². The maximum Gasteiger partial charge on any atom is 0.310 e. The summed E-state index contributed by atoms with van der Waals surface area (Å²) < 4.78 is 4.73. The third-order valence-corrected chi connectivity index (χ3v) is 4.67. The van der Waals surface area contributed by atoms with Gasteiger partial charge in [0.2, 0.25) is 0 Å². The summed E-state index contributed by atoms with van der Waals surface area (Å²) in [5.41, 5.74) is 1.83. The Morgan fingerprint density at radius 1 is 1.29 bits per heavy atom. The molecular formula is C16H15BrO3S. The van der Waals surface area contributed by atoms with Crippen molar-refractivity contribution in [2.45, 2.75) is 18.2 Å². The van der Waals surface area contributed by atoms with Crippen molar-refractivity contribution in [2.24, 2.45) is 0 Å². The lowest BCUT2D eigenvalue weighted by atomic mass is 10.1. The maximum absolute atomic E-state index is 12.1. The Morgan fingerprint density at radius 3 is 2.52 bits per heavy atom. The van der Waals surface area contributed by atoms with Crippen LogP contribution >= 0.6 is 27.3 Å². The van der Waals surface area contributed by atoms with E-state index in [1.54, 1.807) is 13.0 Å². The smallest absolute Gasteiger partial charge is 0.310 e. The van der Waals surface area contributed by atoms with Crippen molar-refractivity contribution in [1.29, 1.82) is 0 Å². The molecule has 5 heteroatoms. The van der Waals surface area contributed by atoms with Crippen LogP contribution in [0.2, 0.25) is 0 Å². The first-order chi connectivity index (χ1) is 10.0. The highest BCUT2D eigenvalue weighted by Crippen LogP contribution is 2.34. The van der Waals surface area contributed by atoms with Crippen LogP contribution in [0.4, 0.5) is 0 Å². The number of ketones is 1. The highest BCUT2D eigenvalue weighted by molar-refractivity contribution is 9.10. The molecule has 2 aromatic rings. The molecule has 0 aliphatic rings. The molecule has 1 aromatic heterocycles. The number of carbonyl (C=O) groups excluding carboxylic acids is 2. The van der Waals surface area contributed by atoms with E-state index in [0.29, 0.717) is 4.88 Å². The number of rotatable bonds is 5. The Labute approximate surface area is 136 Å². The van der Waals surface area contributed by atoms with Crippen molar-refractivity contribution in [3.05, 3.63) is 46.8 Å². The Balaban J connectivity index is 2.46. The van der Waals surface area contributed by atoms with Gasteiger partial charge < -0.3 is 4.74 Å². The van der Waals surface area contributed by atoms with Gasteiger partial charge in [0, 0.05) is 4.88 Å². The fourth-order valence-corrected chi connectivity index (χ4v) is 3.55. The molecule has 0 aliphatic carbocycles. The van der Waals surface area contributed by atoms with Crippen LogP contribution < -0.4 is 0 Å². The zero-order valence-corrected chi connectivity index (χ0v) is 14.2. The van der Waals surface area contributed by atoms with E-state index in [9.17, 15) is 9.59 Å². The second kappa shape index (κ2) is 7.00. The summed E-state index contributed by atoms with van der Waals surface area (Å²) in [6, 6.07) is 11.5. The first-order valence-corrected chi connectivity index (χ1v) is 8.19. The summed E-state index contributed by atoms with van der Waals surface area (Å²) in [5.74, 6) is -0.288. The number of esters is 1. The van der Waals surface area contributed by atoms with Crippen LogP contribution in [-0.2, 0) is 16.0 Å². The highest BCUT2D eigenvalue weighted by atomic mass is 79.9. The van der Waals surface area contributed by atoms with E-state index in [4.69, 9.17) is 4.74 Å². The van der Waals surface area contributed by atoms with E-state index < -0.39 is 0 Å². The Morgan fingerprint density at radius 2 is 1.95 bits per heavy atom. The molecule has 0 bridgehead atoms. The van der Waals surface area contributed by atoms with Crippen LogP contribution in [0.25, 0.3) is 10.4 Å². The minimum absolute atomic E-state index is 0.0216. The number of hydrogen-bond acceptors (Lipinski definition) is 4. The van der Waals surface area contributed by atoms with Crippen LogP contribution in [-0.4, -0.2) is 23.7 Å². The molecular weight excluding hydrogens is 352 g/mol. The number of benzene rings is 1. The largest absolute Gasteiger partial charge is 0.469 e. The van der Waals surface area contributed by atoms with Gasteiger partial charge in [-0.15, -0.1) is 11.3 Å². The first-order valence-electron chi connectivity index (χ1n) is 6.46. The van der Waals surface area contributed by atoms with E-state index in [1.807, 2.05) is 30.3 Å². The average molecular weight is 367 g/mol. The second-order valence-electron chi connectivity index (χ2n) is 4.56. The molecule has 110 valence electrons. The van der Waals surface area contributed by atoms with Crippen LogP contribution in [0.1, 0.15) is 22.2 Å². The molecule has 0 aliphatic heterocycles. The van der Waals surface area contributed by atoms with E-state index in [-0.39, 0.29) is 23.0 Å². The molecule has 0 N–H and O–H groups in total. The predicted octanol–water partition coefficient (Wildman–Crippen LogP) is 4.10. The van der Waals surface area contributed by atoms with Crippen LogP contribution in [0.5, 0.6) is 0 Å². The van der Waals surface area contributed by atoms with E-state index in [0.717, 1.165) is 16.0 Å². The fraction of sp³-hybridized carbons (Fsp3) is 0.250. The zero-order chi connectivity index (χ0) is 15.4. The molecule has 1 aromatic carbocycles. The van der Waals surface area contributed by atoms with Crippen LogP contribution in [0.15, 0.2) is 36.4 Å². The molecule has 21 heavy (non-hydrogen) atoms. The fourth-order valence-electron chi connectivity index (χ4n) is 1.94. The summed E-state index contributed by atoms with van der Waals surface area (Å²) in [4.78, 5) is 25.1. The van der Waals surface area contributed by atoms with Crippen molar-refractivity contribution in [1.82, 2.24) is 0 Å². The molecule has 1 unspecified atom stereocenters. The average Bonchev–Trinajstić information content (AvgIpc) is 2.90. The number of Topliss-reactive ketones (excluding diaryl/α,β-unsaturated/α-hetero) is 1. The summed E-state index contributed by atoms with van der Waals surface area (Å²) in [7, 11) is 1.36. The molecule has 0 fully saturated rings. The number of thiophene rings is 1. The van der Waals surface area contributed by atoms with Gasteiger partial charge in [0.05, 0.1) is 23.2 Å². The number of carbonyl (C=O) groups is 2. The standard InChI is InChI=1S/C16H15BrO3S/c1-10(17)15(19)13-8-12(9-14(18)20-2)16(21-13)11-6-4-3-5-7-11/h3-8,10H,9H2,1-2H3. The lowest BCUT2D eigenvalue weighted by Gasteiger charge is -2.02. The SMILES string of the molecule is COC(=O)Cc1cc(C(=O)C(C)Br)sc1-c1ccccc1. The van der Waals surface area contributed by atoms with Gasteiger partial charge in [0.15, 0.2) is 5.78 Å². The predicted molar refractivity (Wildman–Crippen MR) is 88.2 cm³/mol. The topological polar surface area (TPSA) is 43.4 Å². The van der Waals surface area contributed by atoms with Crippen molar-refractivity contribution in [2.75, 3.05) is 7.11 Å². The van der Waals surface area contributed by atoms with Gasteiger partial charge in [-0.3, -0.25) is 9.59 Å². The minimum Gasteiger partial charge on any atom is -0.469 e. The van der Waals surface area contributed by atoms with Gasteiger partial charge in [0.25, 0.3) is 0 Å². The third-order valence-electron chi connectivity index (χ3n) is 3.01. The molecule has 0 spiro atoms. The van der Waals surface area contributed by atoms with Gasteiger partial charge in [-0.2, -0.15) is 0 Å². The van der Waals surface area contributed by atoms with Gasteiger partial charge >= 0.3 is 5.97 Å². The van der Waals surface area contributed by atoms with Gasteiger partial charge in [-0.1, -0.05) is 46.3 Å². The molecule has 3 nitrogen and oxygen atoms in total. The van der Waals surface area contributed by atoms with Gasteiger partial charge in [0.1, 0.15) is 0 Å². The minimum atomic E-state index is -0.309. The molecule has 0 radical (unpaired) electrons. The number of methoxy groups -OCH3 is 1. The Hall–Kier alpha value is -1.46. The monoisotopic (exact) mass is 366 g/mol. The Bertz CT molecular complexity index is 647. The number of ether oxygens (including phenoxy) is 1. The number of hydrogen-bond donors (Lipinski definition) is 0. The zero-order valence-electron chi connectivity index (χ0n) is 11.8. The van der Waals surface area contributed by atoms with E-state index in [2.05, 4.69) is 15.9 Å². The molecule has 2 rings (SSSR count). The molecule has 0 saturated carbocycles. The summed E-state index contributed by atoms with van der Waals surface area (Å²) >= 11 is 4.71. The normalized spacial score (nSPS) is 12.0. The Kier molecular flexibility index (Phi) is 5.31. The summed E-state index contributed by atoms with van der Waals surface area (Å²) in [5, 5.41) is 0. The lowest BCUT2D eigenvalue weighted by molar-refractivity contribution is -0.139. The van der Waals surface area contributed by atoms with Crippen molar-refractivity contribution in [3.63, 3.8) is 0 Å². The van der Waals surface area contributed by atoms with Crippen molar-refractivity contribution < 1.29 is 14.3 Å². The van der Waals surface area contributed by atoms with E-state index in [1.165, 1.54) is 18.4 Å². The lowest BCUT2D eigenvalue weighted by Crippen LogP contribution is -2.08. The molecule has 0 amide bonds. The maximum atomic E-state index is 12.1. The second-order valence-corrected chi connectivity index (χ2v) is 6.99. The highest BCUT2D eigenvalue weighted by Gasteiger charge is 2.20. The first kappa shape index (κ1) is 15.9. The summed E-state index contributed by atoms with van der Waals surface area (Å²) in [6.07, 6.45) is 0.168. The number of alkyl halides is 1. The quantitative estimate of drug-likeness (QED) is 0.454. The third kappa shape index (κ3) is 3.80. The van der Waals surface area contributed by atoms with E-state index >= 15 is 0 Å². The molecule has 1 heterocycles. The van der Waals surface area contributed by atoms with Crippen molar-refractivity contribution >= 4 is 39.0 Å². The molecule has 0 saturated heterocycles. The number of halogens is 1. The van der Waals surface area contributed by atoms with Crippen LogP contribution in [0.3, 0.4) is 0 Å². The van der Waals surface area contributed by atoms with Gasteiger partial charge in [-0.05, 0) is 24.1 Å². The molecule has 1 atom stereocenters. The van der Waals surface area contributed by atoms with Crippen LogP contribution in [0, 0.1) is 0 Å². The van der Waals surface area contributed by atoms with Gasteiger partial charge in [-0.25, -0.2) is 0 Å². The summed E-state index contributed by atoms with van der Waals surface area (Å²) in [6.45, 7) is 1.80.